The number of rotatable bonds is 1. The Labute approximate surface area is 118 Å². The molecular formula is C15H18ClNO2. The molecule has 0 aromatic heterocycles. The van der Waals surface area contributed by atoms with E-state index in [1.807, 2.05) is 19.1 Å². The van der Waals surface area contributed by atoms with Gasteiger partial charge in [0.1, 0.15) is 11.4 Å². The highest BCUT2D eigenvalue weighted by molar-refractivity contribution is 6.31. The maximum Gasteiger partial charge on any atom is 0.217 e. The van der Waals surface area contributed by atoms with Gasteiger partial charge >= 0.3 is 0 Å². The topological polar surface area (TPSA) is 38.3 Å². The van der Waals surface area contributed by atoms with E-state index in [2.05, 4.69) is 5.32 Å². The molecule has 1 aromatic carbocycles. The van der Waals surface area contributed by atoms with E-state index in [9.17, 15) is 4.79 Å². The van der Waals surface area contributed by atoms with E-state index in [4.69, 9.17) is 16.3 Å². The van der Waals surface area contributed by atoms with Gasteiger partial charge in [0, 0.05) is 23.9 Å². The summed E-state index contributed by atoms with van der Waals surface area (Å²) in [6, 6.07) is 3.93. The molecule has 1 atom stereocenters. The van der Waals surface area contributed by atoms with E-state index < -0.39 is 0 Å². The highest BCUT2D eigenvalue weighted by Crippen LogP contribution is 2.49. The molecule has 0 saturated heterocycles. The van der Waals surface area contributed by atoms with Gasteiger partial charge < -0.3 is 10.1 Å². The number of benzene rings is 1. The molecule has 1 aliphatic heterocycles. The van der Waals surface area contributed by atoms with Crippen LogP contribution in [0, 0.1) is 6.92 Å². The third kappa shape index (κ3) is 2.20. The van der Waals surface area contributed by atoms with Crippen LogP contribution in [0.4, 0.5) is 0 Å². The number of carbonyl (C=O) groups is 1. The molecule has 1 N–H and O–H groups in total. The third-order valence-corrected chi connectivity index (χ3v) is 4.62. The van der Waals surface area contributed by atoms with Gasteiger partial charge in [-0.3, -0.25) is 4.79 Å². The SMILES string of the molecule is CC(=O)NC1CC2(CCC2)Oc2cc(C)c(Cl)cc21. The summed E-state index contributed by atoms with van der Waals surface area (Å²) in [4.78, 5) is 11.4. The van der Waals surface area contributed by atoms with Crippen LogP contribution < -0.4 is 10.1 Å². The number of amides is 1. The van der Waals surface area contributed by atoms with Crippen LogP contribution >= 0.6 is 11.6 Å². The highest BCUT2D eigenvalue weighted by atomic mass is 35.5. The van der Waals surface area contributed by atoms with Gasteiger partial charge in [-0.25, -0.2) is 0 Å². The monoisotopic (exact) mass is 279 g/mol. The Morgan fingerprint density at radius 3 is 2.79 bits per heavy atom. The maximum atomic E-state index is 11.4. The van der Waals surface area contributed by atoms with E-state index in [-0.39, 0.29) is 17.6 Å². The number of aryl methyl sites for hydroxylation is 1. The standard InChI is InChI=1S/C15H18ClNO2/c1-9-6-14-11(7-12(9)16)13(17-10(2)18)8-15(19-14)4-3-5-15/h6-7,13H,3-5,8H2,1-2H3,(H,17,18). The summed E-state index contributed by atoms with van der Waals surface area (Å²) in [6.45, 7) is 3.53. The Kier molecular flexibility index (Phi) is 2.97. The van der Waals surface area contributed by atoms with Gasteiger partial charge in [0.25, 0.3) is 0 Å². The zero-order chi connectivity index (χ0) is 13.6. The van der Waals surface area contributed by atoms with Gasteiger partial charge in [0.15, 0.2) is 0 Å². The highest BCUT2D eigenvalue weighted by Gasteiger charge is 2.45. The summed E-state index contributed by atoms with van der Waals surface area (Å²) in [5.41, 5.74) is 1.95. The van der Waals surface area contributed by atoms with Crippen LogP contribution in [0.3, 0.4) is 0 Å². The lowest BCUT2D eigenvalue weighted by molar-refractivity contribution is -0.120. The van der Waals surface area contributed by atoms with Crippen LogP contribution in [-0.4, -0.2) is 11.5 Å². The minimum absolute atomic E-state index is 0.0102. The molecule has 1 heterocycles. The van der Waals surface area contributed by atoms with Crippen molar-refractivity contribution in [3.63, 3.8) is 0 Å². The molecule has 1 aliphatic carbocycles. The quantitative estimate of drug-likeness (QED) is 0.854. The average molecular weight is 280 g/mol. The predicted octanol–water partition coefficient (Wildman–Crippen LogP) is 3.53. The first-order valence-electron chi connectivity index (χ1n) is 6.75. The molecule has 102 valence electrons. The van der Waals surface area contributed by atoms with Gasteiger partial charge in [-0.1, -0.05) is 11.6 Å². The van der Waals surface area contributed by atoms with Crippen molar-refractivity contribution in [1.29, 1.82) is 0 Å². The molecule has 1 amide bonds. The molecular weight excluding hydrogens is 262 g/mol. The molecule has 3 nitrogen and oxygen atoms in total. The predicted molar refractivity (Wildman–Crippen MR) is 74.6 cm³/mol. The van der Waals surface area contributed by atoms with Crippen LogP contribution in [0.15, 0.2) is 12.1 Å². The number of ether oxygens (including phenoxy) is 1. The maximum absolute atomic E-state index is 11.4. The number of nitrogens with one attached hydrogen (secondary N) is 1. The first-order valence-corrected chi connectivity index (χ1v) is 7.13. The minimum Gasteiger partial charge on any atom is -0.487 e. The van der Waals surface area contributed by atoms with Crippen molar-refractivity contribution >= 4 is 17.5 Å². The second kappa shape index (κ2) is 4.41. The van der Waals surface area contributed by atoms with Gasteiger partial charge in [-0.2, -0.15) is 0 Å². The number of carbonyl (C=O) groups excluding carboxylic acids is 1. The Morgan fingerprint density at radius 1 is 1.47 bits per heavy atom. The zero-order valence-corrected chi connectivity index (χ0v) is 12.0. The second-order valence-electron chi connectivity index (χ2n) is 5.74. The molecule has 1 aromatic rings. The van der Waals surface area contributed by atoms with E-state index >= 15 is 0 Å². The molecule has 1 fully saturated rings. The van der Waals surface area contributed by atoms with Crippen LogP contribution in [-0.2, 0) is 4.79 Å². The molecule has 1 unspecified atom stereocenters. The minimum atomic E-state index is -0.0691. The van der Waals surface area contributed by atoms with Gasteiger partial charge in [-0.05, 0) is 43.9 Å². The lowest BCUT2D eigenvalue weighted by atomic mass is 9.73. The lowest BCUT2D eigenvalue weighted by Crippen LogP contribution is -2.49. The van der Waals surface area contributed by atoms with E-state index in [0.717, 1.165) is 41.2 Å². The first kappa shape index (κ1) is 12.8. The van der Waals surface area contributed by atoms with Crippen LogP contribution in [0.1, 0.15) is 49.8 Å². The van der Waals surface area contributed by atoms with Crippen LogP contribution in [0.25, 0.3) is 0 Å². The molecule has 0 bridgehead atoms. The summed E-state index contributed by atoms with van der Waals surface area (Å²) < 4.78 is 6.19. The fraction of sp³-hybridized carbons (Fsp3) is 0.533. The summed E-state index contributed by atoms with van der Waals surface area (Å²) in [5, 5.41) is 3.75. The fourth-order valence-corrected chi connectivity index (χ4v) is 3.21. The van der Waals surface area contributed by atoms with Gasteiger partial charge in [-0.15, -0.1) is 0 Å². The lowest BCUT2D eigenvalue weighted by Gasteiger charge is -2.48. The number of fused-ring (bicyclic) bond motifs is 1. The number of halogens is 1. The second-order valence-corrected chi connectivity index (χ2v) is 6.14. The molecule has 3 rings (SSSR count). The smallest absolute Gasteiger partial charge is 0.217 e. The van der Waals surface area contributed by atoms with E-state index in [1.54, 1.807) is 6.92 Å². The van der Waals surface area contributed by atoms with Gasteiger partial charge in [0.05, 0.1) is 6.04 Å². The Bertz CT molecular complexity index is 537. The van der Waals surface area contributed by atoms with E-state index in [0.29, 0.717) is 0 Å². The number of hydrogen-bond donors (Lipinski definition) is 1. The van der Waals surface area contributed by atoms with Crippen molar-refractivity contribution in [3.8, 4) is 5.75 Å². The Balaban J connectivity index is 2.01. The summed E-state index contributed by atoms with van der Waals surface area (Å²) in [6.07, 6.45) is 4.20. The average Bonchev–Trinajstić information content (AvgIpc) is 2.28. The van der Waals surface area contributed by atoms with Crippen molar-refractivity contribution in [2.75, 3.05) is 0 Å². The van der Waals surface area contributed by atoms with Crippen molar-refractivity contribution in [2.45, 2.75) is 51.2 Å². The number of hydrogen-bond acceptors (Lipinski definition) is 2. The van der Waals surface area contributed by atoms with Crippen molar-refractivity contribution in [3.05, 3.63) is 28.3 Å². The molecule has 1 saturated carbocycles. The zero-order valence-electron chi connectivity index (χ0n) is 11.3. The third-order valence-electron chi connectivity index (χ3n) is 4.21. The first-order chi connectivity index (χ1) is 8.99. The molecule has 19 heavy (non-hydrogen) atoms. The molecule has 2 aliphatic rings. The summed E-state index contributed by atoms with van der Waals surface area (Å²) >= 11 is 6.20. The van der Waals surface area contributed by atoms with E-state index in [1.165, 1.54) is 6.42 Å². The van der Waals surface area contributed by atoms with Crippen molar-refractivity contribution in [1.82, 2.24) is 5.32 Å². The van der Waals surface area contributed by atoms with Crippen molar-refractivity contribution in [2.24, 2.45) is 0 Å². The summed E-state index contributed by atoms with van der Waals surface area (Å²) in [5.74, 6) is 0.871. The van der Waals surface area contributed by atoms with Gasteiger partial charge in [0.2, 0.25) is 5.91 Å². The van der Waals surface area contributed by atoms with Crippen molar-refractivity contribution < 1.29 is 9.53 Å². The fourth-order valence-electron chi connectivity index (χ4n) is 3.04. The van der Waals surface area contributed by atoms with Crippen LogP contribution in [0.2, 0.25) is 5.02 Å². The molecule has 0 radical (unpaired) electrons. The largest absolute Gasteiger partial charge is 0.487 e. The van der Waals surface area contributed by atoms with Crippen LogP contribution in [0.5, 0.6) is 5.75 Å². The normalized spacial score (nSPS) is 23.2. The Morgan fingerprint density at radius 2 is 2.21 bits per heavy atom. The molecule has 1 spiro atoms. The Hall–Kier alpha value is -1.22. The molecule has 4 heteroatoms. The summed E-state index contributed by atoms with van der Waals surface area (Å²) in [7, 11) is 0.